The van der Waals surface area contributed by atoms with E-state index in [0.29, 0.717) is 6.04 Å². The largest absolute Gasteiger partial charge is 0.453 e. The maximum absolute atomic E-state index is 6.47. The molecule has 28 heavy (non-hydrogen) atoms. The molecular weight excluding hydrogens is 342 g/mol. The molecular formula is C26H23NO. The normalized spacial score (nSPS) is 16.6. The Morgan fingerprint density at radius 1 is 0.607 bits per heavy atom. The summed E-state index contributed by atoms with van der Waals surface area (Å²) in [6, 6.07) is 26.7. The van der Waals surface area contributed by atoms with Crippen LogP contribution in [-0.4, -0.2) is 6.04 Å². The molecule has 0 radical (unpaired) electrons. The number of hydrogen-bond donors (Lipinski definition) is 0. The average Bonchev–Trinajstić information content (AvgIpc) is 2.75. The van der Waals surface area contributed by atoms with Gasteiger partial charge in [-0.3, -0.25) is 0 Å². The van der Waals surface area contributed by atoms with Gasteiger partial charge >= 0.3 is 0 Å². The lowest BCUT2D eigenvalue weighted by Crippen LogP contribution is -2.34. The molecule has 138 valence electrons. The molecule has 0 amide bonds. The number of rotatable bonds is 1. The molecule has 2 nitrogen and oxygen atoms in total. The highest BCUT2D eigenvalue weighted by atomic mass is 16.5. The van der Waals surface area contributed by atoms with Crippen molar-refractivity contribution in [2.75, 3.05) is 4.90 Å². The monoisotopic (exact) mass is 365 g/mol. The molecule has 4 aromatic carbocycles. The molecule has 0 unspecified atom stereocenters. The van der Waals surface area contributed by atoms with Crippen molar-refractivity contribution in [2.24, 2.45) is 0 Å². The fourth-order valence-electron chi connectivity index (χ4n) is 4.94. The van der Waals surface area contributed by atoms with Gasteiger partial charge in [-0.05, 0) is 58.7 Å². The van der Waals surface area contributed by atoms with Crippen LogP contribution in [0.3, 0.4) is 0 Å². The van der Waals surface area contributed by atoms with E-state index in [4.69, 9.17) is 4.74 Å². The average molecular weight is 365 g/mol. The third kappa shape index (κ3) is 2.48. The summed E-state index contributed by atoms with van der Waals surface area (Å²) in [5, 5.41) is 5.01. The second kappa shape index (κ2) is 6.27. The molecule has 0 atom stereocenters. The molecule has 0 N–H and O–H groups in total. The molecule has 1 saturated carbocycles. The number of anilines is 2. The van der Waals surface area contributed by atoms with Crippen LogP contribution in [0.2, 0.25) is 0 Å². The summed E-state index contributed by atoms with van der Waals surface area (Å²) in [7, 11) is 0. The molecule has 6 rings (SSSR count). The maximum atomic E-state index is 6.47. The van der Waals surface area contributed by atoms with Crippen LogP contribution in [0.15, 0.2) is 72.8 Å². The van der Waals surface area contributed by atoms with Crippen molar-refractivity contribution < 1.29 is 4.74 Å². The topological polar surface area (TPSA) is 12.5 Å². The van der Waals surface area contributed by atoms with Gasteiger partial charge in [0.25, 0.3) is 0 Å². The Kier molecular flexibility index (Phi) is 3.58. The van der Waals surface area contributed by atoms with E-state index in [1.54, 1.807) is 0 Å². The molecule has 0 spiro atoms. The van der Waals surface area contributed by atoms with Gasteiger partial charge in [-0.25, -0.2) is 0 Å². The Morgan fingerprint density at radius 3 is 1.57 bits per heavy atom. The molecule has 4 aromatic rings. The van der Waals surface area contributed by atoms with E-state index < -0.39 is 0 Å². The zero-order chi connectivity index (χ0) is 18.5. The van der Waals surface area contributed by atoms with E-state index in [1.165, 1.54) is 65.0 Å². The zero-order valence-electron chi connectivity index (χ0n) is 15.9. The van der Waals surface area contributed by atoms with E-state index in [1.807, 2.05) is 0 Å². The third-order valence-electron chi connectivity index (χ3n) is 6.33. The molecule has 1 fully saturated rings. The Bertz CT molecular complexity index is 1100. The van der Waals surface area contributed by atoms with Gasteiger partial charge in [0.2, 0.25) is 0 Å². The smallest absolute Gasteiger partial charge is 0.151 e. The molecule has 0 saturated heterocycles. The van der Waals surface area contributed by atoms with Crippen molar-refractivity contribution in [3.8, 4) is 11.5 Å². The van der Waals surface area contributed by atoms with Crippen LogP contribution in [0, 0.1) is 0 Å². The summed E-state index contributed by atoms with van der Waals surface area (Å²) in [6.45, 7) is 0. The van der Waals surface area contributed by atoms with Crippen molar-refractivity contribution in [3.05, 3.63) is 72.8 Å². The van der Waals surface area contributed by atoms with Gasteiger partial charge in [-0.1, -0.05) is 67.8 Å². The first-order chi connectivity index (χ1) is 13.9. The third-order valence-corrected chi connectivity index (χ3v) is 6.33. The second-order valence-corrected chi connectivity index (χ2v) is 8.10. The van der Waals surface area contributed by atoms with Crippen LogP contribution < -0.4 is 9.64 Å². The van der Waals surface area contributed by atoms with Crippen molar-refractivity contribution in [3.63, 3.8) is 0 Å². The van der Waals surface area contributed by atoms with Gasteiger partial charge in [0.15, 0.2) is 11.5 Å². The van der Waals surface area contributed by atoms with Gasteiger partial charge < -0.3 is 9.64 Å². The highest BCUT2D eigenvalue weighted by Gasteiger charge is 2.31. The number of benzene rings is 4. The fourth-order valence-corrected chi connectivity index (χ4v) is 4.94. The molecule has 1 aliphatic heterocycles. The number of hydrogen-bond acceptors (Lipinski definition) is 2. The molecule has 2 aliphatic rings. The Balaban J connectivity index is 1.60. The van der Waals surface area contributed by atoms with Gasteiger partial charge in [0.05, 0.1) is 11.4 Å². The van der Waals surface area contributed by atoms with E-state index in [0.717, 1.165) is 11.5 Å². The van der Waals surface area contributed by atoms with Gasteiger partial charge in [-0.15, -0.1) is 0 Å². The fraction of sp³-hybridized carbons (Fsp3) is 0.231. The lowest BCUT2D eigenvalue weighted by Gasteiger charge is -2.40. The van der Waals surface area contributed by atoms with Crippen molar-refractivity contribution in [1.82, 2.24) is 0 Å². The Labute approximate surface area is 165 Å². The van der Waals surface area contributed by atoms with Gasteiger partial charge in [0, 0.05) is 6.04 Å². The molecule has 0 aromatic heterocycles. The van der Waals surface area contributed by atoms with Gasteiger partial charge in [0.1, 0.15) is 0 Å². The number of nitrogens with zero attached hydrogens (tertiary/aromatic N) is 1. The summed E-state index contributed by atoms with van der Waals surface area (Å²) < 4.78 is 6.47. The van der Waals surface area contributed by atoms with Crippen LogP contribution in [0.25, 0.3) is 21.5 Å². The lowest BCUT2D eigenvalue weighted by atomic mass is 9.92. The zero-order valence-corrected chi connectivity index (χ0v) is 15.9. The van der Waals surface area contributed by atoms with Crippen LogP contribution in [-0.2, 0) is 0 Å². The molecule has 2 heteroatoms. The molecule has 1 heterocycles. The summed E-state index contributed by atoms with van der Waals surface area (Å²) >= 11 is 0. The first kappa shape index (κ1) is 16.0. The van der Waals surface area contributed by atoms with Crippen molar-refractivity contribution in [1.29, 1.82) is 0 Å². The highest BCUT2D eigenvalue weighted by molar-refractivity contribution is 5.96. The number of ether oxygens (including phenoxy) is 1. The molecule has 1 aliphatic carbocycles. The molecule has 0 bridgehead atoms. The van der Waals surface area contributed by atoms with E-state index in [2.05, 4.69) is 77.7 Å². The summed E-state index contributed by atoms with van der Waals surface area (Å²) in [4.78, 5) is 2.58. The van der Waals surface area contributed by atoms with Crippen LogP contribution in [0.5, 0.6) is 11.5 Å². The SMILES string of the molecule is c1ccc2cc3c(cc2c1)Oc1cc2ccccc2cc1N3C1CCCCC1. The van der Waals surface area contributed by atoms with Crippen LogP contribution in [0.1, 0.15) is 32.1 Å². The van der Waals surface area contributed by atoms with E-state index in [-0.39, 0.29) is 0 Å². The van der Waals surface area contributed by atoms with Crippen molar-refractivity contribution >= 4 is 32.9 Å². The second-order valence-electron chi connectivity index (χ2n) is 8.10. The predicted molar refractivity (Wildman–Crippen MR) is 117 cm³/mol. The minimum atomic E-state index is 0.539. The standard InChI is InChI=1S/C26H23NO/c1-2-12-22(13-3-1)27-23-14-18-8-4-6-10-20(18)16-25(23)28-26-17-21-11-7-5-9-19(21)15-24(26)27/h4-11,14-17,22H,1-3,12-13H2. The first-order valence-corrected chi connectivity index (χ1v) is 10.4. The van der Waals surface area contributed by atoms with Crippen LogP contribution in [0.4, 0.5) is 11.4 Å². The summed E-state index contributed by atoms with van der Waals surface area (Å²) in [5.74, 6) is 1.96. The van der Waals surface area contributed by atoms with Crippen LogP contribution >= 0.6 is 0 Å². The summed E-state index contributed by atoms with van der Waals surface area (Å²) in [6.07, 6.45) is 6.48. The predicted octanol–water partition coefficient (Wildman–Crippen LogP) is 7.57. The van der Waals surface area contributed by atoms with E-state index >= 15 is 0 Å². The minimum Gasteiger partial charge on any atom is -0.453 e. The van der Waals surface area contributed by atoms with Gasteiger partial charge in [-0.2, -0.15) is 0 Å². The van der Waals surface area contributed by atoms with E-state index in [9.17, 15) is 0 Å². The number of fused-ring (bicyclic) bond motifs is 4. The first-order valence-electron chi connectivity index (χ1n) is 10.4. The summed E-state index contributed by atoms with van der Waals surface area (Å²) in [5.41, 5.74) is 2.43. The lowest BCUT2D eigenvalue weighted by molar-refractivity contribution is 0.415. The Hall–Kier alpha value is -3.00. The van der Waals surface area contributed by atoms with Crippen molar-refractivity contribution in [2.45, 2.75) is 38.1 Å². The quantitative estimate of drug-likeness (QED) is 0.345. The minimum absolute atomic E-state index is 0.539. The maximum Gasteiger partial charge on any atom is 0.151 e. The Morgan fingerprint density at radius 2 is 1.07 bits per heavy atom. The highest BCUT2D eigenvalue weighted by Crippen LogP contribution is 2.51.